The number of hydrogen-bond donors (Lipinski definition) is 3. The molecule has 0 aliphatic carbocycles. The van der Waals surface area contributed by atoms with Crippen LogP contribution in [0.5, 0.6) is 0 Å². The molecule has 5 heteroatoms. The predicted octanol–water partition coefficient (Wildman–Crippen LogP) is -0.890. The Bertz CT molecular complexity index is 193. The Balaban J connectivity index is 2.31. The highest BCUT2D eigenvalue weighted by Crippen LogP contribution is 2.09. The maximum absolute atomic E-state index is 11.7. The van der Waals surface area contributed by atoms with E-state index in [1.54, 1.807) is 7.11 Å². The minimum absolute atomic E-state index is 0.0123. The monoisotopic (exact) mass is 216 g/mol. The maximum atomic E-state index is 11.7. The molecule has 3 N–H and O–H groups in total. The van der Waals surface area contributed by atoms with Crippen molar-refractivity contribution in [3.8, 4) is 0 Å². The van der Waals surface area contributed by atoms with Gasteiger partial charge in [0.2, 0.25) is 5.91 Å². The van der Waals surface area contributed by atoms with E-state index in [2.05, 4.69) is 10.6 Å². The second-order valence-corrected chi connectivity index (χ2v) is 3.89. The standard InChI is InChI=1S/C10H20N2O3/c1-15-7-9(6-13)12-10(14)8-3-2-4-11-5-8/h8-9,11,13H,2-7H2,1H3,(H,12,14)/t8-,9?/m1/s1. The molecule has 0 bridgehead atoms. The molecule has 0 radical (unpaired) electrons. The van der Waals surface area contributed by atoms with Crippen molar-refractivity contribution >= 4 is 5.91 Å². The summed E-state index contributed by atoms with van der Waals surface area (Å²) in [5.41, 5.74) is 0. The molecule has 5 nitrogen and oxygen atoms in total. The third-order valence-corrected chi connectivity index (χ3v) is 2.60. The van der Waals surface area contributed by atoms with Gasteiger partial charge in [0.15, 0.2) is 0 Å². The van der Waals surface area contributed by atoms with Crippen molar-refractivity contribution in [2.45, 2.75) is 18.9 Å². The van der Waals surface area contributed by atoms with Crippen molar-refractivity contribution in [1.82, 2.24) is 10.6 Å². The fraction of sp³-hybridized carbons (Fsp3) is 0.900. The molecule has 0 aromatic carbocycles. The number of aliphatic hydroxyl groups excluding tert-OH is 1. The molecule has 0 aromatic rings. The predicted molar refractivity (Wildman–Crippen MR) is 56.5 cm³/mol. The fourth-order valence-corrected chi connectivity index (χ4v) is 1.74. The van der Waals surface area contributed by atoms with E-state index in [-0.39, 0.29) is 24.5 Å². The van der Waals surface area contributed by atoms with Gasteiger partial charge in [-0.2, -0.15) is 0 Å². The number of amides is 1. The van der Waals surface area contributed by atoms with Crippen LogP contribution in [0.1, 0.15) is 12.8 Å². The van der Waals surface area contributed by atoms with Gasteiger partial charge in [0.25, 0.3) is 0 Å². The summed E-state index contributed by atoms with van der Waals surface area (Å²) >= 11 is 0. The van der Waals surface area contributed by atoms with Crippen LogP contribution in [0.3, 0.4) is 0 Å². The molecule has 1 aliphatic heterocycles. The Morgan fingerprint density at radius 1 is 1.73 bits per heavy atom. The second kappa shape index (κ2) is 6.76. The summed E-state index contributed by atoms with van der Waals surface area (Å²) in [6.07, 6.45) is 1.95. The van der Waals surface area contributed by atoms with E-state index in [1.165, 1.54) is 0 Å². The molecule has 1 aliphatic rings. The van der Waals surface area contributed by atoms with Crippen LogP contribution < -0.4 is 10.6 Å². The van der Waals surface area contributed by atoms with Gasteiger partial charge < -0.3 is 20.5 Å². The lowest BCUT2D eigenvalue weighted by Gasteiger charge is -2.24. The molecule has 15 heavy (non-hydrogen) atoms. The molecule has 0 aromatic heterocycles. The van der Waals surface area contributed by atoms with Gasteiger partial charge in [-0.15, -0.1) is 0 Å². The Hall–Kier alpha value is -0.650. The molecule has 1 saturated heterocycles. The van der Waals surface area contributed by atoms with Crippen molar-refractivity contribution in [3.05, 3.63) is 0 Å². The van der Waals surface area contributed by atoms with Crippen LogP contribution >= 0.6 is 0 Å². The van der Waals surface area contributed by atoms with Gasteiger partial charge in [0.05, 0.1) is 25.2 Å². The molecule has 1 heterocycles. The lowest BCUT2D eigenvalue weighted by Crippen LogP contribution is -2.47. The molecular formula is C10H20N2O3. The van der Waals surface area contributed by atoms with Crippen LogP contribution in [-0.2, 0) is 9.53 Å². The summed E-state index contributed by atoms with van der Waals surface area (Å²) in [6, 6.07) is -0.288. The van der Waals surface area contributed by atoms with Gasteiger partial charge in [-0.05, 0) is 19.4 Å². The summed E-state index contributed by atoms with van der Waals surface area (Å²) in [6.45, 7) is 1.99. The normalized spacial score (nSPS) is 23.5. The zero-order chi connectivity index (χ0) is 11.1. The van der Waals surface area contributed by atoms with Gasteiger partial charge in [0.1, 0.15) is 0 Å². The minimum Gasteiger partial charge on any atom is -0.394 e. The zero-order valence-corrected chi connectivity index (χ0v) is 9.16. The van der Waals surface area contributed by atoms with Crippen molar-refractivity contribution in [3.63, 3.8) is 0 Å². The quantitative estimate of drug-likeness (QED) is 0.557. The third kappa shape index (κ3) is 4.15. The minimum atomic E-state index is -0.288. The van der Waals surface area contributed by atoms with Gasteiger partial charge in [0, 0.05) is 13.7 Å². The number of piperidine rings is 1. The number of carbonyl (C=O) groups excluding carboxylic acids is 1. The smallest absolute Gasteiger partial charge is 0.224 e. The lowest BCUT2D eigenvalue weighted by molar-refractivity contribution is -0.127. The van der Waals surface area contributed by atoms with Crippen molar-refractivity contribution in [1.29, 1.82) is 0 Å². The first-order valence-corrected chi connectivity index (χ1v) is 5.38. The molecular weight excluding hydrogens is 196 g/mol. The van der Waals surface area contributed by atoms with Crippen LogP contribution in [-0.4, -0.2) is 50.5 Å². The van der Waals surface area contributed by atoms with E-state index in [1.807, 2.05) is 0 Å². The Morgan fingerprint density at radius 3 is 3.07 bits per heavy atom. The molecule has 1 amide bonds. The number of hydrogen-bond acceptors (Lipinski definition) is 4. The van der Waals surface area contributed by atoms with Crippen molar-refractivity contribution < 1.29 is 14.6 Å². The van der Waals surface area contributed by atoms with Crippen molar-refractivity contribution in [2.24, 2.45) is 5.92 Å². The SMILES string of the molecule is COCC(CO)NC(=O)[C@@H]1CCCNC1. The number of methoxy groups -OCH3 is 1. The summed E-state index contributed by atoms with van der Waals surface area (Å²) in [5.74, 6) is 0.0444. The lowest BCUT2D eigenvalue weighted by atomic mass is 9.98. The zero-order valence-electron chi connectivity index (χ0n) is 9.16. The summed E-state index contributed by atoms with van der Waals surface area (Å²) in [4.78, 5) is 11.7. The van der Waals surface area contributed by atoms with Crippen LogP contribution in [0.25, 0.3) is 0 Å². The number of carbonyl (C=O) groups is 1. The van der Waals surface area contributed by atoms with E-state index in [4.69, 9.17) is 9.84 Å². The van der Waals surface area contributed by atoms with E-state index >= 15 is 0 Å². The number of aliphatic hydroxyl groups is 1. The number of nitrogens with one attached hydrogen (secondary N) is 2. The largest absolute Gasteiger partial charge is 0.394 e. The average Bonchev–Trinajstić information content (AvgIpc) is 2.29. The van der Waals surface area contributed by atoms with Gasteiger partial charge in [-0.1, -0.05) is 0 Å². The molecule has 1 fully saturated rings. The molecule has 1 rings (SSSR count). The fourth-order valence-electron chi connectivity index (χ4n) is 1.74. The summed E-state index contributed by atoms with van der Waals surface area (Å²) < 4.78 is 4.89. The first kappa shape index (κ1) is 12.4. The Labute approximate surface area is 90.2 Å². The molecule has 2 atom stereocenters. The number of ether oxygens (including phenoxy) is 1. The highest BCUT2D eigenvalue weighted by atomic mass is 16.5. The summed E-state index contributed by atoms with van der Waals surface area (Å²) in [7, 11) is 1.55. The van der Waals surface area contributed by atoms with Crippen LogP contribution in [0.4, 0.5) is 0 Å². The topological polar surface area (TPSA) is 70.6 Å². The summed E-state index contributed by atoms with van der Waals surface area (Å²) in [5, 5.41) is 15.0. The molecule has 0 spiro atoms. The van der Waals surface area contributed by atoms with Crippen LogP contribution in [0.15, 0.2) is 0 Å². The van der Waals surface area contributed by atoms with E-state index in [9.17, 15) is 4.79 Å². The maximum Gasteiger partial charge on any atom is 0.224 e. The molecule has 1 unspecified atom stereocenters. The first-order chi connectivity index (χ1) is 7.27. The van der Waals surface area contributed by atoms with Crippen LogP contribution in [0.2, 0.25) is 0 Å². The third-order valence-electron chi connectivity index (χ3n) is 2.60. The second-order valence-electron chi connectivity index (χ2n) is 3.89. The Morgan fingerprint density at radius 2 is 2.53 bits per heavy atom. The van der Waals surface area contributed by atoms with E-state index < -0.39 is 0 Å². The van der Waals surface area contributed by atoms with Crippen LogP contribution in [0, 0.1) is 5.92 Å². The van der Waals surface area contributed by atoms with Gasteiger partial charge >= 0.3 is 0 Å². The highest BCUT2D eigenvalue weighted by Gasteiger charge is 2.22. The van der Waals surface area contributed by atoms with E-state index in [0.29, 0.717) is 6.61 Å². The average molecular weight is 216 g/mol. The van der Waals surface area contributed by atoms with Crippen molar-refractivity contribution in [2.75, 3.05) is 33.4 Å². The van der Waals surface area contributed by atoms with Gasteiger partial charge in [-0.25, -0.2) is 0 Å². The Kier molecular flexibility index (Phi) is 5.60. The molecule has 0 saturated carbocycles. The molecule has 88 valence electrons. The number of rotatable bonds is 5. The first-order valence-electron chi connectivity index (χ1n) is 5.38. The van der Waals surface area contributed by atoms with E-state index in [0.717, 1.165) is 25.9 Å². The highest BCUT2D eigenvalue weighted by molar-refractivity contribution is 5.79. The van der Waals surface area contributed by atoms with Gasteiger partial charge in [-0.3, -0.25) is 4.79 Å².